The number of hydrogen-bond acceptors (Lipinski definition) is 4. The Morgan fingerprint density at radius 1 is 1.00 bits per heavy atom. The average Bonchev–Trinajstić information content (AvgIpc) is 2.78. The highest BCUT2D eigenvalue weighted by molar-refractivity contribution is 5.87. The van der Waals surface area contributed by atoms with E-state index in [1.54, 1.807) is 6.07 Å². The summed E-state index contributed by atoms with van der Waals surface area (Å²) in [6.07, 6.45) is 2.59. The van der Waals surface area contributed by atoms with Crippen LogP contribution in [-0.4, -0.2) is 52.2 Å². The van der Waals surface area contributed by atoms with Gasteiger partial charge in [-0.3, -0.25) is 4.90 Å². The number of carbonyl (C=O) groups excluding carboxylic acids is 1. The molecule has 2 heterocycles. The van der Waals surface area contributed by atoms with E-state index in [0.717, 1.165) is 57.5 Å². The van der Waals surface area contributed by atoms with Gasteiger partial charge < -0.3 is 14.7 Å². The number of amides is 1. The van der Waals surface area contributed by atoms with Crippen molar-refractivity contribution in [3.05, 3.63) is 70.3 Å². The molecule has 176 valence electrons. The minimum Gasteiger partial charge on any atom is -0.478 e. The van der Waals surface area contributed by atoms with E-state index in [2.05, 4.69) is 29.2 Å². The summed E-state index contributed by atoms with van der Waals surface area (Å²) in [5.74, 6) is -0.390. The van der Waals surface area contributed by atoms with Crippen molar-refractivity contribution < 1.29 is 19.4 Å². The quantitative estimate of drug-likeness (QED) is 0.705. The number of hydrogen-bond donors (Lipinski definition) is 1. The van der Waals surface area contributed by atoms with Crippen LogP contribution in [0.1, 0.15) is 72.1 Å². The Balaban J connectivity index is 1.30. The van der Waals surface area contributed by atoms with Gasteiger partial charge in [-0.05, 0) is 80.3 Å². The molecule has 2 aromatic carbocycles. The van der Waals surface area contributed by atoms with Gasteiger partial charge in [-0.15, -0.1) is 0 Å². The highest BCUT2D eigenvalue weighted by atomic mass is 16.6. The second-order valence-electron chi connectivity index (χ2n) is 10.2. The maximum Gasteiger partial charge on any atom is 0.410 e. The zero-order valence-corrected chi connectivity index (χ0v) is 19.8. The molecule has 1 N–H and O–H groups in total. The molecule has 0 bridgehead atoms. The van der Waals surface area contributed by atoms with E-state index in [1.807, 2.05) is 37.8 Å². The normalized spacial score (nSPS) is 17.5. The zero-order chi connectivity index (χ0) is 23.6. The van der Waals surface area contributed by atoms with Crippen molar-refractivity contribution in [3.8, 4) is 0 Å². The fourth-order valence-electron chi connectivity index (χ4n) is 4.75. The van der Waals surface area contributed by atoms with Crippen LogP contribution in [0.15, 0.2) is 42.5 Å². The number of fused-ring (bicyclic) bond motifs is 1. The molecule has 2 aliphatic rings. The number of piperidine rings is 1. The fourth-order valence-corrected chi connectivity index (χ4v) is 4.75. The summed E-state index contributed by atoms with van der Waals surface area (Å²) in [5, 5.41) is 9.19. The molecule has 1 fully saturated rings. The van der Waals surface area contributed by atoms with Crippen LogP contribution in [-0.2, 0) is 24.2 Å². The van der Waals surface area contributed by atoms with E-state index >= 15 is 0 Å². The minimum atomic E-state index is -0.865. The van der Waals surface area contributed by atoms with Gasteiger partial charge in [0.05, 0.1) is 5.56 Å². The van der Waals surface area contributed by atoms with E-state index < -0.39 is 11.6 Å². The highest BCUT2D eigenvalue weighted by Crippen LogP contribution is 2.29. The van der Waals surface area contributed by atoms with Gasteiger partial charge in [-0.25, -0.2) is 9.59 Å². The maximum atomic E-state index is 12.3. The monoisotopic (exact) mass is 450 g/mol. The van der Waals surface area contributed by atoms with Crippen LogP contribution in [0.25, 0.3) is 0 Å². The first-order valence-electron chi connectivity index (χ1n) is 11.8. The van der Waals surface area contributed by atoms with Crippen molar-refractivity contribution >= 4 is 12.1 Å². The highest BCUT2D eigenvalue weighted by Gasteiger charge is 2.27. The molecule has 6 heteroatoms. The average molecular weight is 451 g/mol. The summed E-state index contributed by atoms with van der Waals surface area (Å²) < 4.78 is 5.50. The molecule has 1 saturated heterocycles. The van der Waals surface area contributed by atoms with Crippen LogP contribution in [0.4, 0.5) is 4.79 Å². The number of carboxylic acid groups (broad SMARTS) is 1. The second-order valence-corrected chi connectivity index (χ2v) is 10.2. The van der Waals surface area contributed by atoms with E-state index in [1.165, 1.54) is 16.7 Å². The van der Waals surface area contributed by atoms with Crippen molar-refractivity contribution in [3.63, 3.8) is 0 Å². The topological polar surface area (TPSA) is 70.1 Å². The van der Waals surface area contributed by atoms with Crippen LogP contribution >= 0.6 is 0 Å². The molecule has 2 aromatic rings. The van der Waals surface area contributed by atoms with Crippen molar-refractivity contribution in [1.29, 1.82) is 0 Å². The molecule has 2 aliphatic heterocycles. The summed E-state index contributed by atoms with van der Waals surface area (Å²) in [6, 6.07) is 14.4. The lowest BCUT2D eigenvalue weighted by atomic mass is 9.89. The molecule has 0 unspecified atom stereocenters. The number of aromatic carboxylic acids is 1. The molecule has 0 radical (unpaired) electrons. The van der Waals surface area contributed by atoms with Crippen molar-refractivity contribution in [2.45, 2.75) is 64.6 Å². The van der Waals surface area contributed by atoms with Crippen LogP contribution in [0.5, 0.6) is 0 Å². The first kappa shape index (κ1) is 23.3. The Labute approximate surface area is 196 Å². The Bertz CT molecular complexity index is 1000. The second kappa shape index (κ2) is 9.56. The zero-order valence-electron chi connectivity index (χ0n) is 19.8. The standard InChI is InChI=1S/C27H34N2O4/c1-27(2,3)33-26(32)29-14-11-21(12-15-29)20-6-4-19(5-7-20)17-28-13-10-22-16-23(25(30)31)8-9-24(22)18-28/h4-9,16,21H,10-15,17-18H2,1-3H3,(H,30,31). The molecule has 0 aromatic heterocycles. The third-order valence-electron chi connectivity index (χ3n) is 6.55. The number of carbonyl (C=O) groups is 2. The third kappa shape index (κ3) is 5.93. The Morgan fingerprint density at radius 3 is 2.33 bits per heavy atom. The largest absolute Gasteiger partial charge is 0.478 e. The lowest BCUT2D eigenvalue weighted by Gasteiger charge is -2.33. The molecule has 4 rings (SSSR count). The Kier molecular flexibility index (Phi) is 6.75. The van der Waals surface area contributed by atoms with E-state index in [9.17, 15) is 14.7 Å². The molecular weight excluding hydrogens is 416 g/mol. The predicted octanol–water partition coefficient (Wildman–Crippen LogP) is 5.06. The molecule has 0 spiro atoms. The van der Waals surface area contributed by atoms with Gasteiger partial charge in [0.2, 0.25) is 0 Å². The van der Waals surface area contributed by atoms with Crippen molar-refractivity contribution in [2.75, 3.05) is 19.6 Å². The molecule has 6 nitrogen and oxygen atoms in total. The minimum absolute atomic E-state index is 0.210. The molecule has 0 saturated carbocycles. The van der Waals surface area contributed by atoms with Crippen molar-refractivity contribution in [2.24, 2.45) is 0 Å². The summed E-state index contributed by atoms with van der Waals surface area (Å²) in [4.78, 5) is 27.7. The van der Waals surface area contributed by atoms with E-state index in [0.29, 0.717) is 11.5 Å². The molecule has 0 aliphatic carbocycles. The lowest BCUT2D eigenvalue weighted by molar-refractivity contribution is 0.0204. The lowest BCUT2D eigenvalue weighted by Crippen LogP contribution is -2.41. The van der Waals surface area contributed by atoms with Gasteiger partial charge in [-0.1, -0.05) is 30.3 Å². The van der Waals surface area contributed by atoms with Crippen molar-refractivity contribution in [1.82, 2.24) is 9.80 Å². The first-order valence-corrected chi connectivity index (χ1v) is 11.8. The molecule has 0 atom stereocenters. The first-order chi connectivity index (χ1) is 15.7. The van der Waals surface area contributed by atoms with E-state index in [4.69, 9.17) is 4.74 Å². The maximum absolute atomic E-state index is 12.3. The number of ether oxygens (including phenoxy) is 1. The summed E-state index contributed by atoms with van der Waals surface area (Å²) >= 11 is 0. The number of benzene rings is 2. The number of rotatable bonds is 4. The fraction of sp³-hybridized carbons (Fsp3) is 0.481. The number of carboxylic acids is 1. The van der Waals surface area contributed by atoms with Crippen LogP contribution in [0, 0.1) is 0 Å². The van der Waals surface area contributed by atoms with Crippen LogP contribution in [0.2, 0.25) is 0 Å². The molecule has 1 amide bonds. The smallest absolute Gasteiger partial charge is 0.410 e. The third-order valence-corrected chi connectivity index (χ3v) is 6.55. The SMILES string of the molecule is CC(C)(C)OC(=O)N1CCC(c2ccc(CN3CCc4cc(C(=O)O)ccc4C3)cc2)CC1. The van der Waals surface area contributed by atoms with Gasteiger partial charge in [0.25, 0.3) is 0 Å². The van der Waals surface area contributed by atoms with Gasteiger partial charge in [0, 0.05) is 32.7 Å². The van der Waals surface area contributed by atoms with Crippen LogP contribution in [0.3, 0.4) is 0 Å². The number of likely N-dealkylation sites (tertiary alicyclic amines) is 1. The summed E-state index contributed by atoms with van der Waals surface area (Å²) in [5.41, 5.74) is 4.92. The van der Waals surface area contributed by atoms with Gasteiger partial charge in [-0.2, -0.15) is 0 Å². The van der Waals surface area contributed by atoms with E-state index in [-0.39, 0.29) is 6.09 Å². The predicted molar refractivity (Wildman–Crippen MR) is 127 cm³/mol. The summed E-state index contributed by atoms with van der Waals surface area (Å²) in [7, 11) is 0. The van der Waals surface area contributed by atoms with Gasteiger partial charge >= 0.3 is 12.1 Å². The Hall–Kier alpha value is -2.86. The molecule has 33 heavy (non-hydrogen) atoms. The summed E-state index contributed by atoms with van der Waals surface area (Å²) in [6.45, 7) is 9.83. The molecular formula is C27H34N2O4. The van der Waals surface area contributed by atoms with Gasteiger partial charge in [0.1, 0.15) is 5.60 Å². The number of nitrogens with zero attached hydrogens (tertiary/aromatic N) is 2. The van der Waals surface area contributed by atoms with Crippen LogP contribution < -0.4 is 0 Å². The Morgan fingerprint density at radius 2 is 1.70 bits per heavy atom. The van der Waals surface area contributed by atoms with Gasteiger partial charge in [0.15, 0.2) is 0 Å².